The van der Waals surface area contributed by atoms with Gasteiger partial charge >= 0.3 is 0 Å². The Kier molecular flexibility index (Phi) is 1.63. The van der Waals surface area contributed by atoms with Gasteiger partial charge in [-0.3, -0.25) is 4.79 Å². The number of carbonyl (C=O) groups excluding carboxylic acids is 1. The van der Waals surface area contributed by atoms with E-state index in [1.165, 1.54) is 0 Å². The molecule has 0 bridgehead atoms. The zero-order valence-corrected chi connectivity index (χ0v) is 7.72. The predicted molar refractivity (Wildman–Crippen MR) is 51.5 cm³/mol. The van der Waals surface area contributed by atoms with Crippen LogP contribution >= 0.6 is 0 Å². The van der Waals surface area contributed by atoms with Gasteiger partial charge in [-0.05, 0) is 31.0 Å². The standard InChI is InChI=1S/C10H12N2O/c1-5-3-6(2)8-7(4-5)12-10(13)9(8)11/h3-4,9H,11H2,1-2H3,(H,12,13)/t9-/m1/s1. The minimum Gasteiger partial charge on any atom is -0.324 e. The molecule has 0 aliphatic carbocycles. The number of anilines is 1. The molecule has 0 radical (unpaired) electrons. The molecule has 1 amide bonds. The molecule has 0 aromatic heterocycles. The first-order valence-electron chi connectivity index (χ1n) is 4.27. The van der Waals surface area contributed by atoms with E-state index in [1.807, 2.05) is 26.0 Å². The van der Waals surface area contributed by atoms with E-state index < -0.39 is 6.04 Å². The first-order chi connectivity index (χ1) is 6.09. The molecule has 1 aliphatic rings. The van der Waals surface area contributed by atoms with Crippen molar-refractivity contribution in [2.24, 2.45) is 5.73 Å². The molecule has 1 aromatic rings. The Morgan fingerprint density at radius 2 is 2.08 bits per heavy atom. The summed E-state index contributed by atoms with van der Waals surface area (Å²) in [6.07, 6.45) is 0. The first-order valence-corrected chi connectivity index (χ1v) is 4.27. The van der Waals surface area contributed by atoms with Crippen molar-refractivity contribution in [3.63, 3.8) is 0 Å². The highest BCUT2D eigenvalue weighted by atomic mass is 16.2. The van der Waals surface area contributed by atoms with Crippen molar-refractivity contribution in [2.45, 2.75) is 19.9 Å². The Morgan fingerprint density at radius 3 is 2.77 bits per heavy atom. The number of hydrogen-bond acceptors (Lipinski definition) is 2. The number of hydrogen-bond donors (Lipinski definition) is 2. The Bertz CT molecular complexity index is 385. The van der Waals surface area contributed by atoms with Crippen molar-refractivity contribution in [1.29, 1.82) is 0 Å². The molecule has 13 heavy (non-hydrogen) atoms. The van der Waals surface area contributed by atoms with Crippen molar-refractivity contribution in [1.82, 2.24) is 0 Å². The quantitative estimate of drug-likeness (QED) is 0.625. The van der Waals surface area contributed by atoms with E-state index in [0.29, 0.717) is 0 Å². The number of benzene rings is 1. The number of rotatable bonds is 0. The maximum Gasteiger partial charge on any atom is 0.245 e. The topological polar surface area (TPSA) is 55.1 Å². The fourth-order valence-electron chi connectivity index (χ4n) is 1.84. The highest BCUT2D eigenvalue weighted by molar-refractivity contribution is 6.03. The van der Waals surface area contributed by atoms with Gasteiger partial charge < -0.3 is 11.1 Å². The van der Waals surface area contributed by atoms with E-state index in [4.69, 9.17) is 5.73 Å². The third-order valence-corrected chi connectivity index (χ3v) is 2.38. The molecule has 0 unspecified atom stereocenters. The van der Waals surface area contributed by atoms with Gasteiger partial charge in [-0.1, -0.05) is 6.07 Å². The summed E-state index contributed by atoms with van der Waals surface area (Å²) in [6.45, 7) is 3.98. The fourth-order valence-corrected chi connectivity index (χ4v) is 1.84. The SMILES string of the molecule is Cc1cc(C)c2c(c1)NC(=O)[C@@H]2N. The molecule has 68 valence electrons. The molecule has 3 N–H and O–H groups in total. The van der Waals surface area contributed by atoms with Crippen molar-refractivity contribution < 1.29 is 4.79 Å². The van der Waals surface area contributed by atoms with Gasteiger partial charge in [-0.25, -0.2) is 0 Å². The summed E-state index contributed by atoms with van der Waals surface area (Å²) in [7, 11) is 0. The van der Waals surface area contributed by atoms with Gasteiger partial charge in [0.15, 0.2) is 0 Å². The van der Waals surface area contributed by atoms with Crippen molar-refractivity contribution in [3.05, 3.63) is 28.8 Å². The Balaban J connectivity index is 2.64. The van der Waals surface area contributed by atoms with Gasteiger partial charge in [0, 0.05) is 11.3 Å². The average molecular weight is 176 g/mol. The second-order valence-electron chi connectivity index (χ2n) is 3.51. The van der Waals surface area contributed by atoms with Gasteiger partial charge in [0.25, 0.3) is 0 Å². The lowest BCUT2D eigenvalue weighted by atomic mass is 10.0. The third-order valence-electron chi connectivity index (χ3n) is 2.38. The van der Waals surface area contributed by atoms with Crippen LogP contribution in [-0.4, -0.2) is 5.91 Å². The van der Waals surface area contributed by atoms with E-state index in [2.05, 4.69) is 5.32 Å². The zero-order chi connectivity index (χ0) is 9.59. The second-order valence-corrected chi connectivity index (χ2v) is 3.51. The van der Waals surface area contributed by atoms with Crippen LogP contribution in [0.3, 0.4) is 0 Å². The number of amides is 1. The molecule has 1 aliphatic heterocycles. The summed E-state index contributed by atoms with van der Waals surface area (Å²) in [5.74, 6) is -0.108. The number of nitrogens with one attached hydrogen (secondary N) is 1. The average Bonchev–Trinajstić information content (AvgIpc) is 2.27. The molecule has 0 saturated carbocycles. The zero-order valence-electron chi connectivity index (χ0n) is 7.72. The Hall–Kier alpha value is -1.35. The summed E-state index contributed by atoms with van der Waals surface area (Å²) in [6, 6.07) is 3.50. The van der Waals surface area contributed by atoms with E-state index in [9.17, 15) is 4.79 Å². The molecule has 3 nitrogen and oxygen atoms in total. The minimum absolute atomic E-state index is 0.108. The summed E-state index contributed by atoms with van der Waals surface area (Å²) in [4.78, 5) is 11.3. The van der Waals surface area contributed by atoms with Gasteiger partial charge in [-0.2, -0.15) is 0 Å². The van der Waals surface area contributed by atoms with Gasteiger partial charge in [-0.15, -0.1) is 0 Å². The largest absolute Gasteiger partial charge is 0.324 e. The lowest BCUT2D eigenvalue weighted by molar-refractivity contribution is -0.116. The maximum atomic E-state index is 11.3. The molecule has 0 saturated heterocycles. The van der Waals surface area contributed by atoms with Crippen LogP contribution in [0.5, 0.6) is 0 Å². The first kappa shape index (κ1) is 8.26. The molecule has 1 heterocycles. The van der Waals surface area contributed by atoms with Crippen LogP contribution in [0.1, 0.15) is 22.7 Å². The molecule has 3 heteroatoms. The van der Waals surface area contributed by atoms with Crippen molar-refractivity contribution in [2.75, 3.05) is 5.32 Å². The smallest absolute Gasteiger partial charge is 0.245 e. The maximum absolute atomic E-state index is 11.3. The van der Waals surface area contributed by atoms with Crippen LogP contribution in [0.25, 0.3) is 0 Å². The third kappa shape index (κ3) is 1.12. The number of carbonyl (C=O) groups is 1. The normalized spacial score (nSPS) is 19.9. The van der Waals surface area contributed by atoms with Crippen LogP contribution in [0.4, 0.5) is 5.69 Å². The van der Waals surface area contributed by atoms with Crippen molar-refractivity contribution >= 4 is 11.6 Å². The van der Waals surface area contributed by atoms with Crippen LogP contribution in [0.15, 0.2) is 12.1 Å². The van der Waals surface area contributed by atoms with E-state index >= 15 is 0 Å². The fraction of sp³-hybridized carbons (Fsp3) is 0.300. The van der Waals surface area contributed by atoms with Crippen LogP contribution in [0, 0.1) is 13.8 Å². The molecule has 1 atom stereocenters. The molecule has 0 spiro atoms. The Morgan fingerprint density at radius 1 is 1.38 bits per heavy atom. The number of aryl methyl sites for hydroxylation is 2. The van der Waals surface area contributed by atoms with Crippen LogP contribution < -0.4 is 11.1 Å². The Labute approximate surface area is 76.9 Å². The molecule has 1 aromatic carbocycles. The molecular formula is C10H12N2O. The monoisotopic (exact) mass is 176 g/mol. The summed E-state index contributed by atoms with van der Waals surface area (Å²) in [5.41, 5.74) is 9.77. The van der Waals surface area contributed by atoms with Gasteiger partial charge in [0.1, 0.15) is 6.04 Å². The van der Waals surface area contributed by atoms with E-state index in [0.717, 1.165) is 22.4 Å². The van der Waals surface area contributed by atoms with E-state index in [1.54, 1.807) is 0 Å². The lowest BCUT2D eigenvalue weighted by Crippen LogP contribution is -2.20. The lowest BCUT2D eigenvalue weighted by Gasteiger charge is -2.06. The van der Waals surface area contributed by atoms with Gasteiger partial charge in [0.2, 0.25) is 5.91 Å². The number of nitrogens with two attached hydrogens (primary N) is 1. The highest BCUT2D eigenvalue weighted by Gasteiger charge is 2.28. The van der Waals surface area contributed by atoms with Crippen LogP contribution in [0.2, 0.25) is 0 Å². The summed E-state index contributed by atoms with van der Waals surface area (Å²) in [5, 5.41) is 2.76. The molecule has 0 fully saturated rings. The van der Waals surface area contributed by atoms with Gasteiger partial charge in [0.05, 0.1) is 0 Å². The minimum atomic E-state index is -0.490. The second kappa shape index (κ2) is 2.57. The summed E-state index contributed by atoms with van der Waals surface area (Å²) < 4.78 is 0. The molecular weight excluding hydrogens is 164 g/mol. The predicted octanol–water partition coefficient (Wildman–Crippen LogP) is 1.26. The van der Waals surface area contributed by atoms with E-state index in [-0.39, 0.29) is 5.91 Å². The van der Waals surface area contributed by atoms with Crippen molar-refractivity contribution in [3.8, 4) is 0 Å². The summed E-state index contributed by atoms with van der Waals surface area (Å²) >= 11 is 0. The highest BCUT2D eigenvalue weighted by Crippen LogP contribution is 2.32. The number of fused-ring (bicyclic) bond motifs is 1. The van der Waals surface area contributed by atoms with Crippen LogP contribution in [-0.2, 0) is 4.79 Å². The molecule has 2 rings (SSSR count).